The molecule has 1 aliphatic heterocycles. The average Bonchev–Trinajstić information content (AvgIpc) is 3.15. The quantitative estimate of drug-likeness (QED) is 0.743. The van der Waals surface area contributed by atoms with Crippen LogP contribution in [0.3, 0.4) is 0 Å². The van der Waals surface area contributed by atoms with Gasteiger partial charge in [0.15, 0.2) is 0 Å². The fourth-order valence-electron chi connectivity index (χ4n) is 2.88. The van der Waals surface area contributed by atoms with Gasteiger partial charge in [0.25, 0.3) is 0 Å². The zero-order chi connectivity index (χ0) is 15.6. The Balaban J connectivity index is 1.57. The van der Waals surface area contributed by atoms with Crippen LogP contribution in [0.25, 0.3) is 11.0 Å². The Morgan fingerprint density at radius 1 is 1.09 bits per heavy atom. The minimum absolute atomic E-state index is 0.00728. The predicted molar refractivity (Wildman–Crippen MR) is 84.6 cm³/mol. The van der Waals surface area contributed by atoms with Crippen molar-refractivity contribution in [1.82, 2.24) is 19.9 Å². The standard InChI is InChI=1S/C17H16N4O2/c22-17-20(12-21-16-9-5-4-8-15(16)18-19-21)14(11-23-17)10-13-6-2-1-3-7-13/h1-9,14H,10-12H2/t14-/m0/s1. The van der Waals surface area contributed by atoms with Gasteiger partial charge in [-0.3, -0.25) is 4.90 Å². The van der Waals surface area contributed by atoms with Crippen molar-refractivity contribution < 1.29 is 9.53 Å². The monoisotopic (exact) mass is 308 g/mol. The van der Waals surface area contributed by atoms with E-state index >= 15 is 0 Å². The Hall–Kier alpha value is -2.89. The second-order valence-corrected chi connectivity index (χ2v) is 5.61. The molecule has 23 heavy (non-hydrogen) atoms. The number of amides is 1. The third-order valence-electron chi connectivity index (χ3n) is 4.10. The number of para-hydroxylation sites is 1. The molecule has 1 aliphatic rings. The molecule has 0 aliphatic carbocycles. The molecular formula is C17H16N4O2. The second kappa shape index (κ2) is 5.72. The summed E-state index contributed by atoms with van der Waals surface area (Å²) in [4.78, 5) is 13.8. The van der Waals surface area contributed by atoms with Crippen LogP contribution >= 0.6 is 0 Å². The van der Waals surface area contributed by atoms with E-state index in [1.54, 1.807) is 9.58 Å². The molecule has 0 radical (unpaired) electrons. The summed E-state index contributed by atoms with van der Waals surface area (Å²) in [6, 6.07) is 17.8. The number of ether oxygens (including phenoxy) is 1. The maximum Gasteiger partial charge on any atom is 0.411 e. The highest BCUT2D eigenvalue weighted by molar-refractivity contribution is 5.74. The van der Waals surface area contributed by atoms with Crippen LogP contribution in [0, 0.1) is 0 Å². The first-order valence-electron chi connectivity index (χ1n) is 7.57. The summed E-state index contributed by atoms with van der Waals surface area (Å²) in [7, 11) is 0. The van der Waals surface area contributed by atoms with E-state index in [9.17, 15) is 4.79 Å². The molecule has 1 amide bonds. The lowest BCUT2D eigenvalue weighted by Gasteiger charge is -2.21. The molecule has 6 nitrogen and oxygen atoms in total. The fourth-order valence-corrected chi connectivity index (χ4v) is 2.88. The van der Waals surface area contributed by atoms with E-state index in [-0.39, 0.29) is 12.1 Å². The molecule has 0 saturated carbocycles. The molecule has 0 spiro atoms. The molecule has 0 N–H and O–H groups in total. The Kier molecular flexibility index (Phi) is 3.42. The lowest BCUT2D eigenvalue weighted by atomic mass is 10.1. The molecule has 6 heteroatoms. The molecule has 2 aromatic carbocycles. The van der Waals surface area contributed by atoms with Crippen LogP contribution in [-0.4, -0.2) is 38.6 Å². The van der Waals surface area contributed by atoms with E-state index in [1.165, 1.54) is 5.56 Å². The van der Waals surface area contributed by atoms with Crippen molar-refractivity contribution in [2.75, 3.05) is 6.61 Å². The van der Waals surface area contributed by atoms with Gasteiger partial charge in [-0.15, -0.1) is 5.10 Å². The Labute approximate surface area is 133 Å². The summed E-state index contributed by atoms with van der Waals surface area (Å²) >= 11 is 0. The number of carbonyl (C=O) groups is 1. The van der Waals surface area contributed by atoms with Gasteiger partial charge >= 0.3 is 6.09 Å². The van der Waals surface area contributed by atoms with E-state index in [0.717, 1.165) is 17.5 Å². The van der Waals surface area contributed by atoms with Gasteiger partial charge in [-0.1, -0.05) is 47.7 Å². The number of fused-ring (bicyclic) bond motifs is 1. The van der Waals surface area contributed by atoms with Crippen molar-refractivity contribution in [3.63, 3.8) is 0 Å². The van der Waals surface area contributed by atoms with Gasteiger partial charge < -0.3 is 4.74 Å². The average molecular weight is 308 g/mol. The Morgan fingerprint density at radius 3 is 2.74 bits per heavy atom. The van der Waals surface area contributed by atoms with Gasteiger partial charge in [0, 0.05) is 0 Å². The Morgan fingerprint density at radius 2 is 1.87 bits per heavy atom. The van der Waals surface area contributed by atoms with Gasteiger partial charge in [0.1, 0.15) is 18.8 Å². The molecule has 4 rings (SSSR count). The fraction of sp³-hybridized carbons (Fsp3) is 0.235. The number of cyclic esters (lactones) is 1. The van der Waals surface area contributed by atoms with Crippen molar-refractivity contribution in [1.29, 1.82) is 0 Å². The molecule has 2 heterocycles. The van der Waals surface area contributed by atoms with Crippen molar-refractivity contribution in [3.8, 4) is 0 Å². The molecular weight excluding hydrogens is 292 g/mol. The molecule has 1 fully saturated rings. The summed E-state index contributed by atoms with van der Waals surface area (Å²) in [5, 5.41) is 8.28. The number of hydrogen-bond acceptors (Lipinski definition) is 4. The maximum atomic E-state index is 12.1. The summed E-state index contributed by atoms with van der Waals surface area (Å²) in [6.45, 7) is 0.747. The SMILES string of the molecule is O=C1OC[C@H](Cc2ccccc2)N1Cn1nnc2ccccc21. The minimum Gasteiger partial charge on any atom is -0.447 e. The third-order valence-corrected chi connectivity index (χ3v) is 4.10. The molecule has 116 valence electrons. The van der Waals surface area contributed by atoms with Crippen molar-refractivity contribution in [3.05, 3.63) is 60.2 Å². The van der Waals surface area contributed by atoms with Crippen molar-refractivity contribution in [2.24, 2.45) is 0 Å². The highest BCUT2D eigenvalue weighted by atomic mass is 16.6. The first kappa shape index (κ1) is 13.8. The van der Waals surface area contributed by atoms with Gasteiger partial charge in [-0.25, -0.2) is 9.48 Å². The smallest absolute Gasteiger partial charge is 0.411 e. The largest absolute Gasteiger partial charge is 0.447 e. The maximum absolute atomic E-state index is 12.1. The van der Waals surface area contributed by atoms with Crippen LogP contribution in [0.4, 0.5) is 4.79 Å². The van der Waals surface area contributed by atoms with Gasteiger partial charge in [0.05, 0.1) is 11.6 Å². The lowest BCUT2D eigenvalue weighted by Crippen LogP contribution is -2.36. The zero-order valence-electron chi connectivity index (χ0n) is 12.5. The summed E-state index contributed by atoms with van der Waals surface area (Å²) in [5.41, 5.74) is 2.91. The summed E-state index contributed by atoms with van der Waals surface area (Å²) in [6.07, 6.45) is 0.463. The highest BCUT2D eigenvalue weighted by Gasteiger charge is 2.33. The number of carbonyl (C=O) groups excluding carboxylic acids is 1. The van der Waals surface area contributed by atoms with Crippen LogP contribution in [0.2, 0.25) is 0 Å². The van der Waals surface area contributed by atoms with Crippen LogP contribution in [0.15, 0.2) is 54.6 Å². The summed E-state index contributed by atoms with van der Waals surface area (Å²) < 4.78 is 6.97. The van der Waals surface area contributed by atoms with Crippen molar-refractivity contribution in [2.45, 2.75) is 19.1 Å². The first-order valence-corrected chi connectivity index (χ1v) is 7.57. The summed E-state index contributed by atoms with van der Waals surface area (Å²) in [5.74, 6) is 0. The van der Waals surface area contributed by atoms with Gasteiger partial charge in [0.2, 0.25) is 0 Å². The minimum atomic E-state index is -0.300. The highest BCUT2D eigenvalue weighted by Crippen LogP contribution is 2.19. The first-order chi connectivity index (χ1) is 11.3. The van der Waals surface area contributed by atoms with Gasteiger partial charge in [-0.2, -0.15) is 0 Å². The number of aromatic nitrogens is 3. The van der Waals surface area contributed by atoms with Crippen molar-refractivity contribution >= 4 is 17.1 Å². The number of hydrogen-bond donors (Lipinski definition) is 0. The molecule has 0 unspecified atom stereocenters. The molecule has 1 aromatic heterocycles. The van der Waals surface area contributed by atoms with Crippen LogP contribution < -0.4 is 0 Å². The molecule has 3 aromatic rings. The molecule has 1 atom stereocenters. The zero-order valence-corrected chi connectivity index (χ0v) is 12.5. The van der Waals surface area contributed by atoms with E-state index in [2.05, 4.69) is 22.4 Å². The lowest BCUT2D eigenvalue weighted by molar-refractivity contribution is 0.147. The van der Waals surface area contributed by atoms with E-state index < -0.39 is 0 Å². The van der Waals surface area contributed by atoms with Crippen LogP contribution in [0.1, 0.15) is 5.56 Å². The Bertz CT molecular complexity index is 831. The second-order valence-electron chi connectivity index (χ2n) is 5.61. The molecule has 0 bridgehead atoms. The number of benzene rings is 2. The van der Waals surface area contributed by atoms with E-state index in [0.29, 0.717) is 13.3 Å². The molecule has 1 saturated heterocycles. The van der Waals surface area contributed by atoms with Crippen LogP contribution in [0.5, 0.6) is 0 Å². The van der Waals surface area contributed by atoms with Gasteiger partial charge in [-0.05, 0) is 24.1 Å². The van der Waals surface area contributed by atoms with Crippen LogP contribution in [-0.2, 0) is 17.8 Å². The number of nitrogens with zero attached hydrogens (tertiary/aromatic N) is 4. The topological polar surface area (TPSA) is 60.2 Å². The van der Waals surface area contributed by atoms with E-state index in [4.69, 9.17) is 4.74 Å². The third kappa shape index (κ3) is 2.63. The predicted octanol–water partition coefficient (Wildman–Crippen LogP) is 2.45. The number of rotatable bonds is 4. The van der Waals surface area contributed by atoms with E-state index in [1.807, 2.05) is 42.5 Å². The normalized spacial score (nSPS) is 17.7.